The van der Waals surface area contributed by atoms with Gasteiger partial charge in [-0.3, -0.25) is 9.59 Å². The van der Waals surface area contributed by atoms with Crippen LogP contribution in [0.15, 0.2) is 48.5 Å². The predicted molar refractivity (Wildman–Crippen MR) is 99.9 cm³/mol. The summed E-state index contributed by atoms with van der Waals surface area (Å²) < 4.78 is 40.8. The van der Waals surface area contributed by atoms with Gasteiger partial charge in [-0.15, -0.1) is 0 Å². The van der Waals surface area contributed by atoms with Crippen molar-refractivity contribution in [3.63, 3.8) is 0 Å². The van der Waals surface area contributed by atoms with Crippen molar-refractivity contribution in [3.8, 4) is 0 Å². The van der Waals surface area contributed by atoms with Crippen molar-refractivity contribution >= 4 is 33.4 Å². The number of nitrogens with one attached hydrogen (secondary N) is 1. The monoisotopic (exact) mass is 394 g/mol. The van der Waals surface area contributed by atoms with Crippen LogP contribution in [0.4, 0.5) is 15.8 Å². The summed E-state index contributed by atoms with van der Waals surface area (Å²) in [6.45, 7) is -0.664. The molecule has 0 aliphatic rings. The van der Waals surface area contributed by atoms with Crippen LogP contribution in [0.2, 0.25) is 0 Å². The van der Waals surface area contributed by atoms with E-state index in [4.69, 9.17) is 5.73 Å². The van der Waals surface area contributed by atoms with Crippen LogP contribution >= 0.6 is 0 Å². The molecule has 0 fully saturated rings. The molecule has 0 radical (unpaired) electrons. The van der Waals surface area contributed by atoms with Gasteiger partial charge in [-0.1, -0.05) is 18.2 Å². The zero-order chi connectivity index (χ0) is 20.2. The molecule has 2 aromatic rings. The van der Waals surface area contributed by atoms with E-state index < -0.39 is 34.4 Å². The van der Waals surface area contributed by atoms with Crippen molar-refractivity contribution in [2.45, 2.75) is 0 Å². The highest BCUT2D eigenvalue weighted by Crippen LogP contribution is 2.23. The van der Waals surface area contributed by atoms with Gasteiger partial charge in [0.2, 0.25) is 11.8 Å². The standard InChI is InChI=1S/C17H19FN4O4S/c1-21(2)27(25,26)22(15-9-4-3-8-14(15)18)11-16(23)20-13-7-5-6-12(10-13)17(19)24/h3-10H,11H2,1-2H3,(H2,19,24)(H,20,23). The van der Waals surface area contributed by atoms with Gasteiger partial charge in [0, 0.05) is 25.3 Å². The van der Waals surface area contributed by atoms with Gasteiger partial charge in [0.05, 0.1) is 5.69 Å². The molecule has 0 heterocycles. The lowest BCUT2D eigenvalue weighted by molar-refractivity contribution is -0.114. The van der Waals surface area contributed by atoms with Gasteiger partial charge in [0.15, 0.2) is 0 Å². The van der Waals surface area contributed by atoms with Crippen molar-refractivity contribution in [1.82, 2.24) is 4.31 Å². The lowest BCUT2D eigenvalue weighted by Crippen LogP contribution is -2.44. The highest BCUT2D eigenvalue weighted by atomic mass is 32.2. The van der Waals surface area contributed by atoms with Crippen LogP contribution in [0.1, 0.15) is 10.4 Å². The second kappa shape index (κ2) is 8.14. The zero-order valence-electron chi connectivity index (χ0n) is 14.7. The maximum atomic E-state index is 14.1. The Kier molecular flexibility index (Phi) is 6.13. The molecule has 0 saturated heterocycles. The molecule has 0 bridgehead atoms. The smallest absolute Gasteiger partial charge is 0.304 e. The molecule has 0 aliphatic heterocycles. The lowest BCUT2D eigenvalue weighted by atomic mass is 10.2. The number of hydrogen-bond acceptors (Lipinski definition) is 4. The van der Waals surface area contributed by atoms with Crippen LogP contribution in [0.5, 0.6) is 0 Å². The lowest BCUT2D eigenvalue weighted by Gasteiger charge is -2.27. The fraction of sp³-hybridized carbons (Fsp3) is 0.176. The molecular weight excluding hydrogens is 375 g/mol. The molecule has 2 aromatic carbocycles. The number of rotatable bonds is 7. The first kappa shape index (κ1) is 20.3. The Morgan fingerprint density at radius 2 is 1.78 bits per heavy atom. The van der Waals surface area contributed by atoms with E-state index in [1.165, 1.54) is 56.6 Å². The first-order chi connectivity index (χ1) is 12.6. The third-order valence-corrected chi connectivity index (χ3v) is 5.38. The number of hydrogen-bond donors (Lipinski definition) is 2. The van der Waals surface area contributed by atoms with Gasteiger partial charge in [-0.2, -0.15) is 12.7 Å². The fourth-order valence-corrected chi connectivity index (χ4v) is 3.29. The highest BCUT2D eigenvalue weighted by molar-refractivity contribution is 7.90. The van der Waals surface area contributed by atoms with E-state index in [0.29, 0.717) is 4.31 Å². The number of para-hydroxylation sites is 1. The van der Waals surface area contributed by atoms with Gasteiger partial charge in [-0.25, -0.2) is 8.70 Å². The van der Waals surface area contributed by atoms with Crippen molar-refractivity contribution in [3.05, 3.63) is 59.9 Å². The minimum atomic E-state index is -4.13. The molecule has 3 N–H and O–H groups in total. The molecule has 144 valence electrons. The number of amides is 2. The topological polar surface area (TPSA) is 113 Å². The average Bonchev–Trinajstić information content (AvgIpc) is 2.60. The number of carbonyl (C=O) groups excluding carboxylic acids is 2. The third kappa shape index (κ3) is 4.80. The molecule has 0 aliphatic carbocycles. The molecule has 2 rings (SSSR count). The van der Waals surface area contributed by atoms with E-state index in [0.717, 1.165) is 10.4 Å². The first-order valence-electron chi connectivity index (χ1n) is 7.77. The Hall–Kier alpha value is -2.98. The summed E-state index contributed by atoms with van der Waals surface area (Å²) in [6, 6.07) is 11.1. The number of nitrogens with two attached hydrogens (primary N) is 1. The van der Waals surface area contributed by atoms with E-state index in [1.54, 1.807) is 0 Å². The summed E-state index contributed by atoms with van der Waals surface area (Å²) in [6.07, 6.45) is 0. The second-order valence-corrected chi connectivity index (χ2v) is 7.81. The van der Waals surface area contributed by atoms with E-state index in [2.05, 4.69) is 5.32 Å². The summed E-state index contributed by atoms with van der Waals surface area (Å²) in [4.78, 5) is 23.6. The summed E-state index contributed by atoms with van der Waals surface area (Å²) in [5, 5.41) is 2.47. The van der Waals surface area contributed by atoms with Crippen LogP contribution < -0.4 is 15.4 Å². The van der Waals surface area contributed by atoms with E-state index in [-0.39, 0.29) is 16.9 Å². The Morgan fingerprint density at radius 3 is 2.37 bits per heavy atom. The molecular formula is C17H19FN4O4S. The minimum Gasteiger partial charge on any atom is -0.366 e. The molecule has 0 saturated carbocycles. The van der Waals surface area contributed by atoms with E-state index >= 15 is 0 Å². The highest BCUT2D eigenvalue weighted by Gasteiger charge is 2.29. The molecule has 0 spiro atoms. The molecule has 10 heteroatoms. The van der Waals surface area contributed by atoms with Gasteiger partial charge in [-0.05, 0) is 30.3 Å². The van der Waals surface area contributed by atoms with Crippen LogP contribution in [0.3, 0.4) is 0 Å². The van der Waals surface area contributed by atoms with Crippen molar-refractivity contribution in [1.29, 1.82) is 0 Å². The van der Waals surface area contributed by atoms with E-state index in [1.807, 2.05) is 0 Å². The van der Waals surface area contributed by atoms with Gasteiger partial charge >= 0.3 is 10.2 Å². The second-order valence-electron chi connectivity index (χ2n) is 5.74. The Morgan fingerprint density at radius 1 is 1.11 bits per heavy atom. The average molecular weight is 394 g/mol. The largest absolute Gasteiger partial charge is 0.366 e. The van der Waals surface area contributed by atoms with Gasteiger partial charge in [0.25, 0.3) is 0 Å². The van der Waals surface area contributed by atoms with Crippen molar-refractivity contribution in [2.75, 3.05) is 30.3 Å². The van der Waals surface area contributed by atoms with Crippen LogP contribution in [0.25, 0.3) is 0 Å². The zero-order valence-corrected chi connectivity index (χ0v) is 15.5. The molecule has 2 amide bonds. The van der Waals surface area contributed by atoms with Crippen molar-refractivity contribution < 1.29 is 22.4 Å². The first-order valence-corrected chi connectivity index (χ1v) is 9.17. The van der Waals surface area contributed by atoms with Crippen LogP contribution in [-0.2, 0) is 15.0 Å². The number of anilines is 2. The Balaban J connectivity index is 2.30. The summed E-state index contributed by atoms with van der Waals surface area (Å²) in [5.41, 5.74) is 5.37. The molecule has 0 atom stereocenters. The van der Waals surface area contributed by atoms with Gasteiger partial charge < -0.3 is 11.1 Å². The number of halogens is 1. The Labute approximate surface area is 156 Å². The number of nitrogens with zero attached hydrogens (tertiary/aromatic N) is 2. The quantitative estimate of drug-likeness (QED) is 0.734. The molecule has 8 nitrogen and oxygen atoms in total. The summed E-state index contributed by atoms with van der Waals surface area (Å²) in [7, 11) is -1.58. The number of primary amides is 1. The SMILES string of the molecule is CN(C)S(=O)(=O)N(CC(=O)Nc1cccc(C(N)=O)c1)c1ccccc1F. The van der Waals surface area contributed by atoms with E-state index in [9.17, 15) is 22.4 Å². The summed E-state index contributed by atoms with van der Waals surface area (Å²) >= 11 is 0. The normalized spacial score (nSPS) is 11.3. The van der Waals surface area contributed by atoms with Gasteiger partial charge in [0.1, 0.15) is 12.4 Å². The fourth-order valence-electron chi connectivity index (χ4n) is 2.22. The molecule has 0 aromatic heterocycles. The Bertz CT molecular complexity index is 963. The maximum absolute atomic E-state index is 14.1. The summed E-state index contributed by atoms with van der Waals surface area (Å²) in [5.74, 6) is -2.17. The predicted octanol–water partition coefficient (Wildman–Crippen LogP) is 1.18. The van der Waals surface area contributed by atoms with Crippen molar-refractivity contribution in [2.24, 2.45) is 5.73 Å². The van der Waals surface area contributed by atoms with Crippen LogP contribution in [-0.4, -0.2) is 45.2 Å². The number of carbonyl (C=O) groups is 2. The maximum Gasteiger partial charge on any atom is 0.304 e. The number of benzene rings is 2. The third-order valence-electron chi connectivity index (χ3n) is 3.58. The minimum absolute atomic E-state index is 0.180. The molecule has 0 unspecified atom stereocenters. The molecule has 27 heavy (non-hydrogen) atoms. The van der Waals surface area contributed by atoms with Crippen LogP contribution in [0, 0.1) is 5.82 Å².